The first kappa shape index (κ1) is 11.9. The van der Waals surface area contributed by atoms with Crippen molar-refractivity contribution in [2.24, 2.45) is 0 Å². The van der Waals surface area contributed by atoms with Crippen molar-refractivity contribution in [3.05, 3.63) is 54.1 Å². The van der Waals surface area contributed by atoms with Crippen molar-refractivity contribution in [2.75, 3.05) is 7.05 Å². The summed E-state index contributed by atoms with van der Waals surface area (Å²) in [6.45, 7) is 0.489. The molecule has 0 N–H and O–H groups in total. The second-order valence-corrected chi connectivity index (χ2v) is 3.92. The largest absolute Gasteiger partial charge is 0.329 e. The Hall–Kier alpha value is -2.61. The third-order valence-electron chi connectivity index (χ3n) is 2.55. The van der Waals surface area contributed by atoms with Crippen LogP contribution in [0.4, 0.5) is 4.79 Å². The lowest BCUT2D eigenvalue weighted by atomic mass is 10.1. The molecule has 18 heavy (non-hydrogen) atoms. The van der Waals surface area contributed by atoms with E-state index in [1.807, 2.05) is 12.1 Å². The first-order chi connectivity index (χ1) is 8.70. The number of amides is 1. The molecule has 0 aliphatic carbocycles. The third-order valence-corrected chi connectivity index (χ3v) is 2.55. The van der Waals surface area contributed by atoms with E-state index in [2.05, 4.69) is 11.1 Å². The molecule has 0 saturated carbocycles. The van der Waals surface area contributed by atoms with Gasteiger partial charge in [-0.3, -0.25) is 4.57 Å². The molecule has 2 aromatic rings. The number of carbonyl (C=O) groups excluding carboxylic acids is 1. The maximum Gasteiger partial charge on any atom is 0.329 e. The summed E-state index contributed by atoms with van der Waals surface area (Å²) in [5.41, 5.74) is 1.59. The molecule has 0 aliphatic rings. The second kappa shape index (κ2) is 5.15. The molecule has 5 nitrogen and oxygen atoms in total. The van der Waals surface area contributed by atoms with Crippen LogP contribution in [0.1, 0.15) is 11.1 Å². The van der Waals surface area contributed by atoms with Crippen molar-refractivity contribution >= 4 is 6.03 Å². The molecule has 1 amide bonds. The predicted molar refractivity (Wildman–Crippen MR) is 65.6 cm³/mol. The molecular formula is C13H12N4O. The molecule has 0 radical (unpaired) electrons. The minimum atomic E-state index is -0.142. The molecule has 5 heteroatoms. The zero-order valence-electron chi connectivity index (χ0n) is 9.95. The van der Waals surface area contributed by atoms with Gasteiger partial charge in [-0.15, -0.1) is 0 Å². The molecule has 1 aromatic carbocycles. The van der Waals surface area contributed by atoms with Gasteiger partial charge in [-0.2, -0.15) is 5.26 Å². The fraction of sp³-hybridized carbons (Fsp3) is 0.154. The van der Waals surface area contributed by atoms with Crippen molar-refractivity contribution in [3.63, 3.8) is 0 Å². The van der Waals surface area contributed by atoms with E-state index in [1.54, 1.807) is 36.5 Å². The van der Waals surface area contributed by atoms with E-state index >= 15 is 0 Å². The normalized spacial score (nSPS) is 9.78. The Kier molecular flexibility index (Phi) is 3.39. The van der Waals surface area contributed by atoms with Gasteiger partial charge in [0.25, 0.3) is 0 Å². The van der Waals surface area contributed by atoms with Gasteiger partial charge < -0.3 is 4.90 Å². The van der Waals surface area contributed by atoms with E-state index in [0.717, 1.165) is 5.56 Å². The van der Waals surface area contributed by atoms with Crippen LogP contribution < -0.4 is 0 Å². The standard InChI is InChI=1S/C13H12N4O/c1-16(13(18)17-7-6-15-10-17)9-12-4-2-11(8-14)3-5-12/h2-7,10H,9H2,1H3. The molecule has 1 aromatic heterocycles. The molecule has 90 valence electrons. The molecule has 0 atom stereocenters. The molecule has 0 fully saturated rings. The van der Waals surface area contributed by atoms with E-state index < -0.39 is 0 Å². The summed E-state index contributed by atoms with van der Waals surface area (Å²) in [6.07, 6.45) is 4.64. The lowest BCUT2D eigenvalue weighted by Gasteiger charge is -2.17. The Balaban J connectivity index is 2.05. The number of aromatic nitrogens is 2. The summed E-state index contributed by atoms with van der Waals surface area (Å²) >= 11 is 0. The van der Waals surface area contributed by atoms with Gasteiger partial charge in [0.15, 0.2) is 0 Å². The first-order valence-electron chi connectivity index (χ1n) is 5.43. The Bertz CT molecular complexity index is 566. The van der Waals surface area contributed by atoms with Crippen molar-refractivity contribution in [3.8, 4) is 6.07 Å². The highest BCUT2D eigenvalue weighted by Gasteiger charge is 2.10. The fourth-order valence-corrected chi connectivity index (χ4v) is 1.60. The van der Waals surface area contributed by atoms with Gasteiger partial charge >= 0.3 is 6.03 Å². The zero-order chi connectivity index (χ0) is 13.0. The van der Waals surface area contributed by atoms with Gasteiger partial charge in [-0.1, -0.05) is 12.1 Å². The van der Waals surface area contributed by atoms with Crippen LogP contribution in [0, 0.1) is 11.3 Å². The van der Waals surface area contributed by atoms with Crippen molar-refractivity contribution < 1.29 is 4.79 Å². The molecule has 1 heterocycles. The van der Waals surface area contributed by atoms with E-state index in [0.29, 0.717) is 12.1 Å². The van der Waals surface area contributed by atoms with Gasteiger partial charge in [0.2, 0.25) is 0 Å². The van der Waals surface area contributed by atoms with Crippen molar-refractivity contribution in [1.29, 1.82) is 5.26 Å². The van der Waals surface area contributed by atoms with E-state index in [-0.39, 0.29) is 6.03 Å². The molecular weight excluding hydrogens is 228 g/mol. The van der Waals surface area contributed by atoms with Gasteiger partial charge in [0, 0.05) is 26.0 Å². The summed E-state index contributed by atoms with van der Waals surface area (Å²) in [6, 6.07) is 9.09. The SMILES string of the molecule is CN(Cc1ccc(C#N)cc1)C(=O)n1ccnc1. The Morgan fingerprint density at radius 3 is 2.72 bits per heavy atom. The monoisotopic (exact) mass is 240 g/mol. The lowest BCUT2D eigenvalue weighted by Crippen LogP contribution is -2.29. The number of nitriles is 1. The van der Waals surface area contributed by atoms with Crippen LogP contribution in [-0.2, 0) is 6.54 Å². The van der Waals surface area contributed by atoms with Crippen LogP contribution in [0.25, 0.3) is 0 Å². The smallest absolute Gasteiger partial charge is 0.323 e. The van der Waals surface area contributed by atoms with Crippen molar-refractivity contribution in [1.82, 2.24) is 14.5 Å². The number of hydrogen-bond donors (Lipinski definition) is 0. The van der Waals surface area contributed by atoms with Crippen LogP contribution in [0.15, 0.2) is 43.0 Å². The number of imidazole rings is 1. The number of hydrogen-bond acceptors (Lipinski definition) is 3. The van der Waals surface area contributed by atoms with Crippen molar-refractivity contribution in [2.45, 2.75) is 6.54 Å². The number of carbonyl (C=O) groups is 1. The molecule has 0 unspecified atom stereocenters. The number of rotatable bonds is 2. The maximum atomic E-state index is 11.9. The summed E-state index contributed by atoms with van der Waals surface area (Å²) < 4.78 is 1.42. The minimum absolute atomic E-state index is 0.142. The number of benzene rings is 1. The van der Waals surface area contributed by atoms with Crippen LogP contribution in [0.2, 0.25) is 0 Å². The summed E-state index contributed by atoms with van der Waals surface area (Å²) in [7, 11) is 1.72. The van der Waals surface area contributed by atoms with E-state index in [1.165, 1.54) is 10.9 Å². The van der Waals surface area contributed by atoms with Crippen LogP contribution in [0.3, 0.4) is 0 Å². The van der Waals surface area contributed by atoms with Gasteiger partial charge in [-0.05, 0) is 17.7 Å². The molecule has 2 rings (SSSR count). The second-order valence-electron chi connectivity index (χ2n) is 3.92. The third kappa shape index (κ3) is 2.55. The summed E-state index contributed by atoms with van der Waals surface area (Å²) in [5.74, 6) is 0. The average molecular weight is 240 g/mol. The topological polar surface area (TPSA) is 61.9 Å². The lowest BCUT2D eigenvalue weighted by molar-refractivity contribution is 0.208. The Labute approximate surface area is 105 Å². The molecule has 0 spiro atoms. The first-order valence-corrected chi connectivity index (χ1v) is 5.43. The van der Waals surface area contributed by atoms with Crippen LogP contribution in [0.5, 0.6) is 0 Å². The minimum Gasteiger partial charge on any atom is -0.323 e. The van der Waals surface area contributed by atoms with E-state index in [9.17, 15) is 4.79 Å². The average Bonchev–Trinajstić information content (AvgIpc) is 2.92. The van der Waals surface area contributed by atoms with Gasteiger partial charge in [0.05, 0.1) is 11.6 Å². The molecule has 0 aliphatic heterocycles. The predicted octanol–water partition coefficient (Wildman–Crippen LogP) is 1.85. The Morgan fingerprint density at radius 1 is 1.44 bits per heavy atom. The Morgan fingerprint density at radius 2 is 2.17 bits per heavy atom. The fourth-order valence-electron chi connectivity index (χ4n) is 1.60. The van der Waals surface area contributed by atoms with Gasteiger partial charge in [0.1, 0.15) is 6.33 Å². The van der Waals surface area contributed by atoms with Crippen LogP contribution in [-0.4, -0.2) is 27.5 Å². The highest BCUT2D eigenvalue weighted by molar-refractivity contribution is 5.76. The quantitative estimate of drug-likeness (QED) is 0.804. The molecule has 0 saturated heterocycles. The zero-order valence-corrected chi connectivity index (χ0v) is 9.95. The molecule has 0 bridgehead atoms. The number of nitrogens with zero attached hydrogens (tertiary/aromatic N) is 4. The summed E-state index contributed by atoms with van der Waals surface area (Å²) in [4.78, 5) is 17.4. The highest BCUT2D eigenvalue weighted by atomic mass is 16.2. The highest BCUT2D eigenvalue weighted by Crippen LogP contribution is 2.07. The van der Waals surface area contributed by atoms with E-state index in [4.69, 9.17) is 5.26 Å². The van der Waals surface area contributed by atoms with Gasteiger partial charge in [-0.25, -0.2) is 9.78 Å². The summed E-state index contributed by atoms with van der Waals surface area (Å²) in [5, 5.41) is 8.70. The maximum absolute atomic E-state index is 11.9. The van der Waals surface area contributed by atoms with Crippen LogP contribution >= 0.6 is 0 Å².